The van der Waals surface area contributed by atoms with E-state index in [0.717, 1.165) is 31.0 Å². The van der Waals surface area contributed by atoms with Crippen LogP contribution < -0.4 is 4.90 Å². The molecule has 0 N–H and O–H groups in total. The average Bonchev–Trinajstić information content (AvgIpc) is 2.42. The van der Waals surface area contributed by atoms with Crippen molar-refractivity contribution < 1.29 is 0 Å². The van der Waals surface area contributed by atoms with Crippen molar-refractivity contribution >= 4 is 5.82 Å². The molecule has 90 valence electrons. The molecule has 1 aliphatic rings. The molecule has 0 bridgehead atoms. The van der Waals surface area contributed by atoms with Crippen molar-refractivity contribution in [2.45, 2.75) is 46.5 Å². The highest BCUT2D eigenvalue weighted by Crippen LogP contribution is 2.16. The Morgan fingerprint density at radius 2 is 1.75 bits per heavy atom. The molecule has 1 aliphatic heterocycles. The lowest BCUT2D eigenvalue weighted by molar-refractivity contribution is 0.572. The number of anilines is 1. The largest absolute Gasteiger partial charge is 0.355 e. The van der Waals surface area contributed by atoms with Crippen molar-refractivity contribution in [3.05, 3.63) is 18.1 Å². The molecule has 0 spiro atoms. The SMILES string of the molecule is CC.CCc1cnc(N2CCCCC2)cn1. The van der Waals surface area contributed by atoms with Crippen LogP contribution in [0.5, 0.6) is 0 Å². The second kappa shape index (κ2) is 7.20. The van der Waals surface area contributed by atoms with Crippen LogP contribution in [0.3, 0.4) is 0 Å². The summed E-state index contributed by atoms with van der Waals surface area (Å²) in [6.45, 7) is 8.38. The molecular formula is C13H23N3. The third-order valence-corrected chi connectivity index (χ3v) is 2.73. The van der Waals surface area contributed by atoms with Gasteiger partial charge in [-0.25, -0.2) is 4.98 Å². The zero-order valence-corrected chi connectivity index (χ0v) is 10.7. The van der Waals surface area contributed by atoms with E-state index in [9.17, 15) is 0 Å². The first kappa shape index (κ1) is 12.9. The highest BCUT2D eigenvalue weighted by molar-refractivity contribution is 5.36. The molecule has 1 aromatic heterocycles. The summed E-state index contributed by atoms with van der Waals surface area (Å²) in [5.41, 5.74) is 1.07. The fourth-order valence-electron chi connectivity index (χ4n) is 1.82. The van der Waals surface area contributed by atoms with Crippen LogP contribution in [0.4, 0.5) is 5.82 Å². The number of nitrogens with zero attached hydrogens (tertiary/aromatic N) is 3. The minimum absolute atomic E-state index is 0.966. The van der Waals surface area contributed by atoms with Crippen LogP contribution >= 0.6 is 0 Å². The van der Waals surface area contributed by atoms with Gasteiger partial charge in [-0.1, -0.05) is 20.8 Å². The Balaban J connectivity index is 0.000000606. The minimum atomic E-state index is 0.966. The predicted molar refractivity (Wildman–Crippen MR) is 68.8 cm³/mol. The van der Waals surface area contributed by atoms with Gasteiger partial charge in [0.05, 0.1) is 18.1 Å². The van der Waals surface area contributed by atoms with E-state index in [2.05, 4.69) is 21.8 Å². The molecule has 1 fully saturated rings. The van der Waals surface area contributed by atoms with Gasteiger partial charge in [-0.3, -0.25) is 4.98 Å². The highest BCUT2D eigenvalue weighted by Gasteiger charge is 2.11. The molecule has 0 radical (unpaired) electrons. The lowest BCUT2D eigenvalue weighted by Gasteiger charge is -2.27. The summed E-state index contributed by atoms with van der Waals surface area (Å²) in [6.07, 6.45) is 8.70. The van der Waals surface area contributed by atoms with Gasteiger partial charge in [0.15, 0.2) is 0 Å². The lowest BCUT2D eigenvalue weighted by Crippen LogP contribution is -2.30. The lowest BCUT2D eigenvalue weighted by atomic mass is 10.1. The summed E-state index contributed by atoms with van der Waals surface area (Å²) in [7, 11) is 0. The van der Waals surface area contributed by atoms with E-state index in [1.54, 1.807) is 0 Å². The maximum absolute atomic E-state index is 4.44. The molecule has 0 atom stereocenters. The zero-order chi connectivity index (χ0) is 11.8. The molecule has 2 rings (SSSR count). The molecule has 3 heteroatoms. The van der Waals surface area contributed by atoms with Gasteiger partial charge in [-0.15, -0.1) is 0 Å². The monoisotopic (exact) mass is 221 g/mol. The third-order valence-electron chi connectivity index (χ3n) is 2.73. The van der Waals surface area contributed by atoms with Crippen molar-refractivity contribution in [2.75, 3.05) is 18.0 Å². The molecule has 16 heavy (non-hydrogen) atoms. The van der Waals surface area contributed by atoms with Crippen molar-refractivity contribution in [2.24, 2.45) is 0 Å². The normalized spacial score (nSPS) is 15.3. The van der Waals surface area contributed by atoms with Gasteiger partial charge in [0.2, 0.25) is 0 Å². The Morgan fingerprint density at radius 3 is 2.25 bits per heavy atom. The number of aromatic nitrogens is 2. The van der Waals surface area contributed by atoms with Gasteiger partial charge in [-0.2, -0.15) is 0 Å². The van der Waals surface area contributed by atoms with E-state index in [0.29, 0.717) is 0 Å². The van der Waals surface area contributed by atoms with Crippen LogP contribution in [0.2, 0.25) is 0 Å². The number of piperidine rings is 1. The fourth-order valence-corrected chi connectivity index (χ4v) is 1.82. The Hall–Kier alpha value is -1.12. The standard InChI is InChI=1S/C11H17N3.C2H6/c1-2-10-8-13-11(9-12-10)14-6-4-3-5-7-14;1-2/h8-9H,2-7H2,1H3;1-2H3. The predicted octanol–water partition coefficient (Wildman–Crippen LogP) is 3.06. The van der Waals surface area contributed by atoms with E-state index in [4.69, 9.17) is 0 Å². The van der Waals surface area contributed by atoms with Crippen LogP contribution in [0.1, 0.15) is 45.7 Å². The van der Waals surface area contributed by atoms with Gasteiger partial charge in [0.25, 0.3) is 0 Å². The van der Waals surface area contributed by atoms with Crippen molar-refractivity contribution in [3.8, 4) is 0 Å². The van der Waals surface area contributed by atoms with Gasteiger partial charge in [-0.05, 0) is 25.7 Å². The first-order chi connectivity index (χ1) is 7.90. The summed E-state index contributed by atoms with van der Waals surface area (Å²) < 4.78 is 0. The number of aryl methyl sites for hydroxylation is 1. The maximum atomic E-state index is 4.44. The van der Waals surface area contributed by atoms with Crippen LogP contribution in [-0.2, 0) is 6.42 Å². The van der Waals surface area contributed by atoms with E-state index in [1.165, 1.54) is 19.3 Å². The number of hydrogen-bond acceptors (Lipinski definition) is 3. The quantitative estimate of drug-likeness (QED) is 0.768. The highest BCUT2D eigenvalue weighted by atomic mass is 15.2. The molecular weight excluding hydrogens is 198 g/mol. The summed E-state index contributed by atoms with van der Waals surface area (Å²) in [5.74, 6) is 1.04. The smallest absolute Gasteiger partial charge is 0.147 e. The summed E-state index contributed by atoms with van der Waals surface area (Å²) in [5, 5.41) is 0. The van der Waals surface area contributed by atoms with E-state index in [-0.39, 0.29) is 0 Å². The van der Waals surface area contributed by atoms with E-state index < -0.39 is 0 Å². The van der Waals surface area contributed by atoms with Crippen molar-refractivity contribution in [1.82, 2.24) is 9.97 Å². The second-order valence-corrected chi connectivity index (χ2v) is 3.77. The molecule has 3 nitrogen and oxygen atoms in total. The third kappa shape index (κ3) is 3.47. The summed E-state index contributed by atoms with van der Waals surface area (Å²) >= 11 is 0. The molecule has 0 saturated carbocycles. The zero-order valence-electron chi connectivity index (χ0n) is 10.7. The van der Waals surface area contributed by atoms with Crippen LogP contribution in [0, 0.1) is 0 Å². The Kier molecular flexibility index (Phi) is 5.83. The Bertz CT molecular complexity index is 276. The minimum Gasteiger partial charge on any atom is -0.355 e. The topological polar surface area (TPSA) is 29.0 Å². The molecule has 0 aromatic carbocycles. The molecule has 0 amide bonds. The molecule has 0 aliphatic carbocycles. The second-order valence-electron chi connectivity index (χ2n) is 3.77. The van der Waals surface area contributed by atoms with E-state index >= 15 is 0 Å². The maximum Gasteiger partial charge on any atom is 0.147 e. The van der Waals surface area contributed by atoms with Gasteiger partial charge < -0.3 is 4.90 Å². The van der Waals surface area contributed by atoms with Crippen LogP contribution in [-0.4, -0.2) is 23.1 Å². The van der Waals surface area contributed by atoms with Crippen LogP contribution in [0.25, 0.3) is 0 Å². The first-order valence-electron chi connectivity index (χ1n) is 6.46. The van der Waals surface area contributed by atoms with Crippen LogP contribution in [0.15, 0.2) is 12.4 Å². The summed E-state index contributed by atoms with van der Waals surface area (Å²) in [6, 6.07) is 0. The van der Waals surface area contributed by atoms with Gasteiger partial charge in [0.1, 0.15) is 5.82 Å². The number of rotatable bonds is 2. The van der Waals surface area contributed by atoms with Crippen molar-refractivity contribution in [3.63, 3.8) is 0 Å². The molecule has 1 saturated heterocycles. The first-order valence-corrected chi connectivity index (χ1v) is 6.46. The van der Waals surface area contributed by atoms with Crippen molar-refractivity contribution in [1.29, 1.82) is 0 Å². The van der Waals surface area contributed by atoms with Gasteiger partial charge >= 0.3 is 0 Å². The Labute approximate surface area is 98.9 Å². The van der Waals surface area contributed by atoms with Gasteiger partial charge in [0, 0.05) is 13.1 Å². The Morgan fingerprint density at radius 1 is 1.06 bits per heavy atom. The van der Waals surface area contributed by atoms with E-state index in [1.807, 2.05) is 26.2 Å². The summed E-state index contributed by atoms with van der Waals surface area (Å²) in [4.78, 5) is 11.1. The molecule has 0 unspecified atom stereocenters. The molecule has 2 heterocycles. The fraction of sp³-hybridized carbons (Fsp3) is 0.692. The average molecular weight is 221 g/mol. The molecule has 1 aromatic rings. The number of hydrogen-bond donors (Lipinski definition) is 0.